The van der Waals surface area contributed by atoms with E-state index < -0.39 is 0 Å². The van der Waals surface area contributed by atoms with E-state index in [0.29, 0.717) is 20.2 Å². The van der Waals surface area contributed by atoms with Gasteiger partial charge in [-0.2, -0.15) is 0 Å². The number of allylic oxidation sites excluding steroid dienone is 4. The second-order valence-corrected chi connectivity index (χ2v) is 5.22. The average molecular weight is 369 g/mol. The van der Waals surface area contributed by atoms with Crippen LogP contribution in [-0.2, 0) is 4.79 Å². The highest BCUT2D eigenvalue weighted by atomic mass is 79.9. The fourth-order valence-corrected chi connectivity index (χ4v) is 2.19. The van der Waals surface area contributed by atoms with Gasteiger partial charge in [-0.15, -0.1) is 0 Å². The summed E-state index contributed by atoms with van der Waals surface area (Å²) >= 11 is 6.41. The van der Waals surface area contributed by atoms with Crippen LogP contribution in [0.4, 0.5) is 0 Å². The Morgan fingerprint density at radius 3 is 2.50 bits per heavy atom. The topological polar surface area (TPSA) is 46.5 Å². The van der Waals surface area contributed by atoms with Gasteiger partial charge in [-0.25, -0.2) is 4.99 Å². The van der Waals surface area contributed by atoms with E-state index in [0.717, 1.165) is 0 Å². The molecule has 2 rings (SSSR count). The molecule has 0 fully saturated rings. The van der Waals surface area contributed by atoms with Gasteiger partial charge in [0.05, 0.1) is 15.8 Å². The number of rotatable bonds is 1. The van der Waals surface area contributed by atoms with E-state index in [2.05, 4.69) is 36.9 Å². The van der Waals surface area contributed by atoms with Crippen LogP contribution in [0.15, 0.2) is 56.4 Å². The molecule has 0 bridgehead atoms. The standard InChI is InChI=1S/C13H7Br2NO2/c14-10-4-2-1-3-9(10)13(18)16-8-5-6-12(17)11(15)7-8/h1-7H. The van der Waals surface area contributed by atoms with Gasteiger partial charge in [0.15, 0.2) is 5.78 Å². The van der Waals surface area contributed by atoms with Gasteiger partial charge in [0.1, 0.15) is 0 Å². The first-order valence-corrected chi connectivity index (χ1v) is 6.63. The zero-order chi connectivity index (χ0) is 13.1. The molecule has 1 aliphatic rings. The molecule has 90 valence electrons. The van der Waals surface area contributed by atoms with Crippen LogP contribution >= 0.6 is 31.9 Å². The molecule has 0 saturated carbocycles. The highest BCUT2D eigenvalue weighted by Gasteiger charge is 2.12. The van der Waals surface area contributed by atoms with Gasteiger partial charge in [0.25, 0.3) is 5.91 Å². The molecule has 0 atom stereocenters. The molecule has 0 unspecified atom stereocenters. The number of hydrogen-bond acceptors (Lipinski definition) is 2. The number of aliphatic imine (C=N–C) groups is 1. The molecule has 0 radical (unpaired) electrons. The minimum absolute atomic E-state index is 0.137. The minimum Gasteiger partial charge on any atom is -0.289 e. The minimum atomic E-state index is -0.354. The predicted molar refractivity (Wildman–Crippen MR) is 77.1 cm³/mol. The van der Waals surface area contributed by atoms with Crippen molar-refractivity contribution >= 4 is 49.3 Å². The van der Waals surface area contributed by atoms with E-state index in [9.17, 15) is 9.59 Å². The van der Waals surface area contributed by atoms with E-state index in [-0.39, 0.29) is 11.7 Å². The Hall–Kier alpha value is -1.33. The fraction of sp³-hybridized carbons (Fsp3) is 0. The Balaban J connectivity index is 2.30. The highest BCUT2D eigenvalue weighted by molar-refractivity contribution is 9.12. The van der Waals surface area contributed by atoms with Gasteiger partial charge in [0.2, 0.25) is 0 Å². The SMILES string of the molecule is O=C1C=CC(=NC(=O)c2ccccc2Br)C=C1Br. The lowest BCUT2D eigenvalue weighted by Gasteiger charge is -2.03. The summed E-state index contributed by atoms with van der Waals surface area (Å²) in [5, 5.41) is 0. The fourth-order valence-electron chi connectivity index (χ4n) is 1.37. The van der Waals surface area contributed by atoms with Crippen LogP contribution in [0.1, 0.15) is 10.4 Å². The van der Waals surface area contributed by atoms with Gasteiger partial charge >= 0.3 is 0 Å². The summed E-state index contributed by atoms with van der Waals surface area (Å²) in [4.78, 5) is 27.1. The third-order valence-electron chi connectivity index (χ3n) is 2.25. The maximum Gasteiger partial charge on any atom is 0.278 e. The molecule has 1 aromatic carbocycles. The Bertz CT molecular complexity index is 615. The molecule has 0 N–H and O–H groups in total. The zero-order valence-corrected chi connectivity index (χ0v) is 12.2. The van der Waals surface area contributed by atoms with Crippen molar-refractivity contribution in [3.8, 4) is 0 Å². The summed E-state index contributed by atoms with van der Waals surface area (Å²) in [6, 6.07) is 7.06. The van der Waals surface area contributed by atoms with Crippen molar-refractivity contribution in [3.05, 3.63) is 57.0 Å². The summed E-state index contributed by atoms with van der Waals surface area (Å²) in [6.07, 6.45) is 4.41. The molecule has 5 heteroatoms. The summed E-state index contributed by atoms with van der Waals surface area (Å²) in [5.41, 5.74) is 0.932. The van der Waals surface area contributed by atoms with Gasteiger partial charge in [-0.1, -0.05) is 12.1 Å². The molecule has 1 amide bonds. The predicted octanol–water partition coefficient (Wildman–Crippen LogP) is 3.45. The third-order valence-corrected chi connectivity index (χ3v) is 3.56. The zero-order valence-electron chi connectivity index (χ0n) is 9.06. The third kappa shape index (κ3) is 2.91. The van der Waals surface area contributed by atoms with Crippen LogP contribution in [0.3, 0.4) is 0 Å². The second kappa shape index (κ2) is 5.54. The molecule has 0 aliphatic heterocycles. The first kappa shape index (κ1) is 13.1. The lowest BCUT2D eigenvalue weighted by atomic mass is 10.1. The number of carbonyl (C=O) groups excluding carboxylic acids is 2. The van der Waals surface area contributed by atoms with E-state index in [4.69, 9.17) is 0 Å². The number of ketones is 1. The van der Waals surface area contributed by atoms with Crippen molar-refractivity contribution in [2.75, 3.05) is 0 Å². The summed E-state index contributed by atoms with van der Waals surface area (Å²) < 4.78 is 1.09. The quantitative estimate of drug-likeness (QED) is 0.712. The Morgan fingerprint density at radius 2 is 1.83 bits per heavy atom. The molecule has 0 aromatic heterocycles. The van der Waals surface area contributed by atoms with E-state index in [1.54, 1.807) is 18.2 Å². The lowest BCUT2D eigenvalue weighted by molar-refractivity contribution is -0.110. The Kier molecular flexibility index (Phi) is 4.04. The van der Waals surface area contributed by atoms with Crippen LogP contribution in [-0.4, -0.2) is 17.4 Å². The van der Waals surface area contributed by atoms with Crippen molar-refractivity contribution in [2.24, 2.45) is 4.99 Å². The van der Waals surface area contributed by atoms with Crippen LogP contribution < -0.4 is 0 Å². The molecular weight excluding hydrogens is 362 g/mol. The molecule has 0 spiro atoms. The molecule has 1 aromatic rings. The monoisotopic (exact) mass is 367 g/mol. The number of carbonyl (C=O) groups is 2. The van der Waals surface area contributed by atoms with Crippen LogP contribution in [0, 0.1) is 0 Å². The number of halogens is 2. The molecular formula is C13H7Br2NO2. The van der Waals surface area contributed by atoms with E-state index in [1.807, 2.05) is 6.07 Å². The molecule has 18 heavy (non-hydrogen) atoms. The van der Waals surface area contributed by atoms with Crippen molar-refractivity contribution in [2.45, 2.75) is 0 Å². The van der Waals surface area contributed by atoms with E-state index >= 15 is 0 Å². The van der Waals surface area contributed by atoms with Gasteiger partial charge in [-0.05, 0) is 62.2 Å². The highest BCUT2D eigenvalue weighted by Crippen LogP contribution is 2.18. The maximum absolute atomic E-state index is 11.9. The van der Waals surface area contributed by atoms with Crippen molar-refractivity contribution < 1.29 is 9.59 Å². The molecule has 1 aliphatic carbocycles. The summed E-state index contributed by atoms with van der Waals surface area (Å²) in [6.45, 7) is 0. The number of benzene rings is 1. The maximum atomic E-state index is 11.9. The first-order chi connectivity index (χ1) is 8.58. The Labute approximate surface area is 121 Å². The summed E-state index contributed by atoms with van der Waals surface area (Å²) in [5.74, 6) is -0.490. The molecule has 0 heterocycles. The van der Waals surface area contributed by atoms with E-state index in [1.165, 1.54) is 18.2 Å². The van der Waals surface area contributed by atoms with Gasteiger partial charge in [-0.3, -0.25) is 9.59 Å². The van der Waals surface area contributed by atoms with Gasteiger partial charge in [0, 0.05) is 4.47 Å². The number of hydrogen-bond donors (Lipinski definition) is 0. The summed E-state index contributed by atoms with van der Waals surface area (Å²) in [7, 11) is 0. The van der Waals surface area contributed by atoms with Crippen molar-refractivity contribution in [1.29, 1.82) is 0 Å². The van der Waals surface area contributed by atoms with Crippen molar-refractivity contribution in [1.82, 2.24) is 0 Å². The van der Waals surface area contributed by atoms with Crippen LogP contribution in [0.2, 0.25) is 0 Å². The molecule has 0 saturated heterocycles. The Morgan fingerprint density at radius 1 is 1.11 bits per heavy atom. The largest absolute Gasteiger partial charge is 0.289 e. The second-order valence-electron chi connectivity index (χ2n) is 3.51. The molecule has 3 nitrogen and oxygen atoms in total. The van der Waals surface area contributed by atoms with Gasteiger partial charge < -0.3 is 0 Å². The van der Waals surface area contributed by atoms with Crippen LogP contribution in [0.25, 0.3) is 0 Å². The number of amides is 1. The average Bonchev–Trinajstić information content (AvgIpc) is 2.34. The van der Waals surface area contributed by atoms with Crippen LogP contribution in [0.5, 0.6) is 0 Å². The van der Waals surface area contributed by atoms with Crippen molar-refractivity contribution in [3.63, 3.8) is 0 Å². The number of nitrogens with zero attached hydrogens (tertiary/aromatic N) is 1. The first-order valence-electron chi connectivity index (χ1n) is 5.05. The normalized spacial score (nSPS) is 16.9. The smallest absolute Gasteiger partial charge is 0.278 e. The lowest BCUT2D eigenvalue weighted by Crippen LogP contribution is -2.06.